The van der Waals surface area contributed by atoms with Crippen molar-refractivity contribution in [3.05, 3.63) is 101 Å². The molecule has 0 unspecified atom stereocenters. The predicted octanol–water partition coefficient (Wildman–Crippen LogP) is 4.68. The fraction of sp³-hybridized carbons (Fsp3) is 0.154. The Balaban J connectivity index is 1.64. The third-order valence-electron chi connectivity index (χ3n) is 4.69. The van der Waals surface area contributed by atoms with Crippen molar-refractivity contribution in [1.82, 2.24) is 5.32 Å². The van der Waals surface area contributed by atoms with Gasteiger partial charge in [0, 0.05) is 6.54 Å². The summed E-state index contributed by atoms with van der Waals surface area (Å²) in [7, 11) is 1.50. The maximum absolute atomic E-state index is 13.3. The van der Waals surface area contributed by atoms with Crippen LogP contribution in [0.2, 0.25) is 0 Å². The number of nitrogens with one attached hydrogen (secondary N) is 1. The summed E-state index contributed by atoms with van der Waals surface area (Å²) in [5, 5.41) is 12.2. The number of nitrogens with zero attached hydrogens (tertiary/aromatic N) is 1. The predicted molar refractivity (Wildman–Crippen MR) is 120 cm³/mol. The molecule has 6 heteroatoms. The number of carbonyl (C=O) groups is 1. The molecule has 1 N–H and O–H groups in total. The summed E-state index contributed by atoms with van der Waals surface area (Å²) >= 11 is 0. The first kappa shape index (κ1) is 22.6. The number of amides is 1. The molecule has 0 saturated heterocycles. The Kier molecular flexibility index (Phi) is 7.99. The molecule has 32 heavy (non-hydrogen) atoms. The van der Waals surface area contributed by atoms with Gasteiger partial charge < -0.3 is 14.8 Å². The van der Waals surface area contributed by atoms with Crippen molar-refractivity contribution >= 4 is 12.0 Å². The summed E-state index contributed by atoms with van der Waals surface area (Å²) < 4.78 is 24.4. The van der Waals surface area contributed by atoms with Crippen LogP contribution < -0.4 is 14.8 Å². The highest BCUT2D eigenvalue weighted by Crippen LogP contribution is 2.29. The Morgan fingerprint density at radius 3 is 2.53 bits per heavy atom. The lowest BCUT2D eigenvalue weighted by Crippen LogP contribution is -2.26. The molecule has 0 aliphatic carbocycles. The largest absolute Gasteiger partial charge is 0.493 e. The van der Waals surface area contributed by atoms with Crippen LogP contribution in [0.5, 0.6) is 11.5 Å². The second-order valence-electron chi connectivity index (χ2n) is 6.99. The maximum atomic E-state index is 13.3. The SMILES string of the molecule is COc1cc(/C=C(\C#N)C(=O)NCCc2ccccc2)ccc1OCc1cccc(F)c1. The highest BCUT2D eigenvalue weighted by atomic mass is 19.1. The smallest absolute Gasteiger partial charge is 0.261 e. The zero-order chi connectivity index (χ0) is 22.8. The quantitative estimate of drug-likeness (QED) is 0.395. The van der Waals surface area contributed by atoms with E-state index < -0.39 is 5.91 Å². The van der Waals surface area contributed by atoms with Crippen molar-refractivity contribution in [1.29, 1.82) is 5.26 Å². The molecule has 0 bridgehead atoms. The molecule has 0 atom stereocenters. The van der Waals surface area contributed by atoms with Gasteiger partial charge in [0.15, 0.2) is 11.5 Å². The average molecular weight is 430 g/mol. The minimum atomic E-state index is -0.436. The number of ether oxygens (including phenoxy) is 2. The molecule has 3 aromatic rings. The zero-order valence-electron chi connectivity index (χ0n) is 17.7. The molecule has 3 aromatic carbocycles. The van der Waals surface area contributed by atoms with Gasteiger partial charge in [-0.1, -0.05) is 48.5 Å². The monoisotopic (exact) mass is 430 g/mol. The van der Waals surface area contributed by atoms with Crippen molar-refractivity contribution in [2.24, 2.45) is 0 Å². The van der Waals surface area contributed by atoms with Gasteiger partial charge in [0.1, 0.15) is 24.1 Å². The van der Waals surface area contributed by atoms with Gasteiger partial charge in [-0.2, -0.15) is 5.26 Å². The van der Waals surface area contributed by atoms with Crippen LogP contribution in [-0.4, -0.2) is 19.6 Å². The Morgan fingerprint density at radius 2 is 1.81 bits per heavy atom. The summed E-state index contributed by atoms with van der Waals surface area (Å²) in [6.07, 6.45) is 2.17. The molecule has 0 aliphatic heterocycles. The number of benzene rings is 3. The van der Waals surface area contributed by atoms with E-state index in [9.17, 15) is 14.4 Å². The van der Waals surface area contributed by atoms with Crippen LogP contribution in [0, 0.1) is 17.1 Å². The van der Waals surface area contributed by atoms with Gasteiger partial charge >= 0.3 is 0 Å². The Hall–Kier alpha value is -4.11. The highest BCUT2D eigenvalue weighted by molar-refractivity contribution is 6.01. The van der Waals surface area contributed by atoms with Crippen molar-refractivity contribution in [3.8, 4) is 17.6 Å². The van der Waals surface area contributed by atoms with E-state index in [2.05, 4.69) is 5.32 Å². The average Bonchev–Trinajstić information content (AvgIpc) is 2.82. The van der Waals surface area contributed by atoms with Crippen molar-refractivity contribution in [2.45, 2.75) is 13.0 Å². The number of methoxy groups -OCH3 is 1. The fourth-order valence-electron chi connectivity index (χ4n) is 3.06. The molecule has 162 valence electrons. The van der Waals surface area contributed by atoms with Gasteiger partial charge in [-0.05, 0) is 53.5 Å². The summed E-state index contributed by atoms with van der Waals surface area (Å²) in [6.45, 7) is 0.606. The van der Waals surface area contributed by atoms with Crippen LogP contribution in [0.4, 0.5) is 4.39 Å². The summed E-state index contributed by atoms with van der Waals surface area (Å²) in [6, 6.07) is 23.0. The van der Waals surface area contributed by atoms with E-state index in [-0.39, 0.29) is 18.0 Å². The third kappa shape index (κ3) is 6.44. The van der Waals surface area contributed by atoms with Crippen molar-refractivity contribution in [3.63, 3.8) is 0 Å². The van der Waals surface area contributed by atoms with E-state index in [1.54, 1.807) is 30.3 Å². The molecule has 0 saturated carbocycles. The number of nitriles is 1. The first-order chi connectivity index (χ1) is 15.6. The Morgan fingerprint density at radius 1 is 1.03 bits per heavy atom. The van der Waals surface area contributed by atoms with E-state index in [0.717, 1.165) is 5.56 Å². The number of hydrogen-bond acceptors (Lipinski definition) is 4. The van der Waals surface area contributed by atoms with Crippen LogP contribution in [0.25, 0.3) is 6.08 Å². The topological polar surface area (TPSA) is 71.3 Å². The van der Waals surface area contributed by atoms with Gasteiger partial charge in [-0.3, -0.25) is 4.79 Å². The van der Waals surface area contributed by atoms with E-state index >= 15 is 0 Å². The van der Waals surface area contributed by atoms with Gasteiger partial charge in [-0.15, -0.1) is 0 Å². The minimum Gasteiger partial charge on any atom is -0.493 e. The number of carbonyl (C=O) groups excluding carboxylic acids is 1. The number of rotatable bonds is 9. The first-order valence-electron chi connectivity index (χ1n) is 10.1. The molecular weight excluding hydrogens is 407 g/mol. The molecule has 1 amide bonds. The maximum Gasteiger partial charge on any atom is 0.261 e. The Labute approximate surface area is 186 Å². The van der Waals surface area contributed by atoms with E-state index in [0.29, 0.717) is 35.6 Å². The number of hydrogen-bond donors (Lipinski definition) is 1. The van der Waals surface area contributed by atoms with Crippen molar-refractivity contribution in [2.75, 3.05) is 13.7 Å². The van der Waals surface area contributed by atoms with Crippen LogP contribution in [0.15, 0.2) is 78.4 Å². The summed E-state index contributed by atoms with van der Waals surface area (Å²) in [5.41, 5.74) is 2.41. The molecule has 0 fully saturated rings. The second kappa shape index (κ2) is 11.3. The van der Waals surface area contributed by atoms with Crippen molar-refractivity contribution < 1.29 is 18.7 Å². The van der Waals surface area contributed by atoms with Crippen LogP contribution >= 0.6 is 0 Å². The molecule has 0 spiro atoms. The molecule has 0 radical (unpaired) electrons. The molecule has 0 aromatic heterocycles. The number of halogens is 1. The van der Waals surface area contributed by atoms with Gasteiger partial charge in [0.25, 0.3) is 5.91 Å². The first-order valence-corrected chi connectivity index (χ1v) is 10.1. The van der Waals surface area contributed by atoms with Gasteiger partial charge in [-0.25, -0.2) is 4.39 Å². The van der Waals surface area contributed by atoms with Gasteiger partial charge in [0.2, 0.25) is 0 Å². The lowest BCUT2D eigenvalue weighted by atomic mass is 10.1. The Bertz CT molecular complexity index is 1140. The summed E-state index contributed by atoms with van der Waals surface area (Å²) in [5.74, 6) is 0.148. The lowest BCUT2D eigenvalue weighted by Gasteiger charge is -2.12. The standard InChI is InChI=1S/C26H23FN2O3/c1-31-25-16-20(10-11-24(25)32-18-21-8-5-9-23(27)15-21)14-22(17-28)26(30)29-13-12-19-6-3-2-4-7-19/h2-11,14-16H,12-13,18H2,1H3,(H,29,30)/b22-14+. The van der Waals surface area contributed by atoms with E-state index in [1.165, 1.54) is 25.3 Å². The molecule has 0 heterocycles. The summed E-state index contributed by atoms with van der Waals surface area (Å²) in [4.78, 5) is 12.4. The third-order valence-corrected chi connectivity index (χ3v) is 4.69. The molecule has 5 nitrogen and oxygen atoms in total. The molecular formula is C26H23FN2O3. The molecule has 0 aliphatic rings. The van der Waals surface area contributed by atoms with Crippen LogP contribution in [-0.2, 0) is 17.8 Å². The zero-order valence-corrected chi connectivity index (χ0v) is 17.7. The normalized spacial score (nSPS) is 10.8. The van der Waals surface area contributed by atoms with Crippen LogP contribution in [0.3, 0.4) is 0 Å². The second-order valence-corrected chi connectivity index (χ2v) is 6.99. The van der Waals surface area contributed by atoms with E-state index in [4.69, 9.17) is 9.47 Å². The van der Waals surface area contributed by atoms with Gasteiger partial charge in [0.05, 0.1) is 7.11 Å². The fourth-order valence-corrected chi connectivity index (χ4v) is 3.06. The minimum absolute atomic E-state index is 0.00598. The van der Waals surface area contributed by atoms with Crippen LogP contribution in [0.1, 0.15) is 16.7 Å². The van der Waals surface area contributed by atoms with E-state index in [1.807, 2.05) is 36.4 Å². The lowest BCUT2D eigenvalue weighted by molar-refractivity contribution is -0.117. The highest BCUT2D eigenvalue weighted by Gasteiger charge is 2.11. The molecule has 3 rings (SSSR count).